The zero-order valence-corrected chi connectivity index (χ0v) is 20.8. The summed E-state index contributed by atoms with van der Waals surface area (Å²) in [6.07, 6.45) is 3.32. The first-order valence-electron chi connectivity index (χ1n) is 12.0. The van der Waals surface area contributed by atoms with E-state index in [1.165, 1.54) is 25.3 Å². The van der Waals surface area contributed by atoms with Crippen LogP contribution in [0.5, 0.6) is 5.75 Å². The van der Waals surface area contributed by atoms with Crippen LogP contribution in [0.15, 0.2) is 12.3 Å². The highest BCUT2D eigenvalue weighted by atomic mass is 19.4. The molecular weight excluding hydrogens is 451 g/mol. The van der Waals surface area contributed by atoms with Gasteiger partial charge in [0.2, 0.25) is 5.91 Å². The first-order valence-corrected chi connectivity index (χ1v) is 12.0. The number of rotatable bonds is 7. The van der Waals surface area contributed by atoms with Gasteiger partial charge in [-0.15, -0.1) is 13.2 Å². The highest BCUT2D eigenvalue weighted by molar-refractivity contribution is 5.79. The van der Waals surface area contributed by atoms with Crippen molar-refractivity contribution in [3.8, 4) is 5.75 Å². The molecule has 1 aliphatic heterocycles. The second kappa shape index (κ2) is 15.9. The molecule has 0 aromatic carbocycles. The third kappa shape index (κ3) is 11.0. The molecule has 0 bridgehead atoms. The summed E-state index contributed by atoms with van der Waals surface area (Å²) in [5, 5.41) is 10.8. The zero-order valence-electron chi connectivity index (χ0n) is 20.8. The molecule has 1 aromatic heterocycles. The van der Waals surface area contributed by atoms with Gasteiger partial charge in [0.15, 0.2) is 0 Å². The maximum Gasteiger partial charge on any atom is 0.573 e. The largest absolute Gasteiger partial charge is 0.573 e. The Morgan fingerprint density at radius 3 is 2.56 bits per heavy atom. The summed E-state index contributed by atoms with van der Waals surface area (Å²) < 4.78 is 45.8. The first-order chi connectivity index (χ1) is 16.2. The second-order valence-electron chi connectivity index (χ2n) is 8.35. The van der Waals surface area contributed by atoms with Crippen LogP contribution in [-0.4, -0.2) is 67.2 Å². The average molecular weight is 492 g/mol. The molecule has 1 aliphatic carbocycles. The van der Waals surface area contributed by atoms with Crippen LogP contribution in [0, 0.1) is 5.92 Å². The molecule has 7 nitrogen and oxygen atoms in total. The molecule has 1 aromatic rings. The van der Waals surface area contributed by atoms with E-state index in [1.807, 2.05) is 7.05 Å². The first kappa shape index (κ1) is 30.1. The fraction of sp³-hybridized carbons (Fsp3) is 0.750. The van der Waals surface area contributed by atoms with Crippen molar-refractivity contribution in [2.75, 3.05) is 33.9 Å². The molecule has 1 fully saturated rings. The lowest BCUT2D eigenvalue weighted by atomic mass is 10.0. The van der Waals surface area contributed by atoms with Crippen molar-refractivity contribution in [2.24, 2.45) is 5.92 Å². The number of nitrogens with zero attached hydrogens (tertiary/aromatic N) is 2. The number of carbonyl (C=O) groups excluding carboxylic acids is 1. The van der Waals surface area contributed by atoms with Gasteiger partial charge >= 0.3 is 6.36 Å². The smallest absolute Gasteiger partial charge is 0.404 e. The van der Waals surface area contributed by atoms with Crippen molar-refractivity contribution in [2.45, 2.75) is 77.7 Å². The number of unbranched alkanes of at least 4 members (excludes halogenated alkanes) is 2. The number of hydrogen-bond acceptors (Lipinski definition) is 6. The highest BCUT2D eigenvalue weighted by Crippen LogP contribution is 2.30. The van der Waals surface area contributed by atoms with Gasteiger partial charge < -0.3 is 24.8 Å². The standard InChI is InChI=1S/C16H20F3N3O2.C6H14O.C2H6O/c1-20-12-3-2-10(6-12)15(23)22-5-4-14-11(9-22)7-13(8-21-14)24-16(17,18)19;1-3-4-5-6-7-2;1-2-3/h7-8,10,12,20H,2-6,9H2,1H3;3-6H2,1-2H3;3H,2H2,1H3. The Labute approximate surface area is 201 Å². The molecule has 0 spiro atoms. The van der Waals surface area contributed by atoms with Crippen LogP contribution >= 0.6 is 0 Å². The maximum atomic E-state index is 12.7. The number of fused-ring (bicyclic) bond motifs is 1. The Balaban J connectivity index is 0.000000491. The number of hydrogen-bond donors (Lipinski definition) is 2. The zero-order chi connectivity index (χ0) is 25.6. The fourth-order valence-corrected chi connectivity index (χ4v) is 4.00. The number of nitrogens with one attached hydrogen (secondary N) is 1. The summed E-state index contributed by atoms with van der Waals surface area (Å²) in [4.78, 5) is 18.4. The third-order valence-corrected chi connectivity index (χ3v) is 5.70. The summed E-state index contributed by atoms with van der Waals surface area (Å²) in [6.45, 7) is 5.89. The number of halogens is 3. The lowest BCUT2D eigenvalue weighted by molar-refractivity contribution is -0.274. The molecule has 196 valence electrons. The van der Waals surface area contributed by atoms with E-state index in [2.05, 4.69) is 22.0 Å². The van der Waals surface area contributed by atoms with Gasteiger partial charge in [-0.25, -0.2) is 0 Å². The highest BCUT2D eigenvalue weighted by Gasteiger charge is 2.34. The molecule has 0 radical (unpaired) electrons. The molecule has 2 N–H and O–H groups in total. The lowest BCUT2D eigenvalue weighted by Crippen LogP contribution is -2.40. The van der Waals surface area contributed by atoms with Gasteiger partial charge in [-0.3, -0.25) is 9.78 Å². The number of carbonyl (C=O) groups is 1. The minimum absolute atomic E-state index is 0.00781. The predicted molar refractivity (Wildman–Crippen MR) is 124 cm³/mol. The van der Waals surface area contributed by atoms with Gasteiger partial charge in [-0.1, -0.05) is 19.8 Å². The van der Waals surface area contributed by atoms with Crippen molar-refractivity contribution in [3.05, 3.63) is 23.5 Å². The average Bonchev–Trinajstić information content (AvgIpc) is 3.28. The summed E-state index contributed by atoms with van der Waals surface area (Å²) in [5.41, 5.74) is 1.35. The van der Waals surface area contributed by atoms with Crippen LogP contribution in [0.3, 0.4) is 0 Å². The second-order valence-corrected chi connectivity index (χ2v) is 8.35. The van der Waals surface area contributed by atoms with E-state index in [9.17, 15) is 18.0 Å². The molecule has 2 unspecified atom stereocenters. The normalized spacial score (nSPS) is 19.4. The topological polar surface area (TPSA) is 83.9 Å². The van der Waals surface area contributed by atoms with Crippen LogP contribution in [-0.2, 0) is 22.5 Å². The number of alkyl halides is 3. The van der Waals surface area contributed by atoms with E-state index < -0.39 is 6.36 Å². The quantitative estimate of drug-likeness (QED) is 0.560. The minimum Gasteiger partial charge on any atom is -0.404 e. The van der Waals surface area contributed by atoms with E-state index in [1.54, 1.807) is 18.9 Å². The van der Waals surface area contributed by atoms with E-state index in [0.29, 0.717) is 24.6 Å². The van der Waals surface area contributed by atoms with Crippen molar-refractivity contribution in [3.63, 3.8) is 0 Å². The Hall–Kier alpha value is -1.91. The van der Waals surface area contributed by atoms with Gasteiger partial charge in [0.05, 0.1) is 6.20 Å². The maximum absolute atomic E-state index is 12.7. The van der Waals surface area contributed by atoms with E-state index in [4.69, 9.17) is 9.84 Å². The number of pyridine rings is 1. The van der Waals surface area contributed by atoms with E-state index >= 15 is 0 Å². The van der Waals surface area contributed by atoms with E-state index in [0.717, 1.165) is 37.8 Å². The van der Waals surface area contributed by atoms with Crippen LogP contribution in [0.2, 0.25) is 0 Å². The molecular formula is C24H40F3N3O4. The SMILES string of the molecule is CCCCCOC.CCO.CNC1CCC(C(=O)N2CCc3ncc(OC(F)(F)F)cc3C2)C1. The van der Waals surface area contributed by atoms with Crippen molar-refractivity contribution < 1.29 is 32.5 Å². The molecule has 2 aliphatic rings. The van der Waals surface area contributed by atoms with Gasteiger partial charge in [0.1, 0.15) is 5.75 Å². The minimum atomic E-state index is -4.74. The number of aromatic nitrogens is 1. The van der Waals surface area contributed by atoms with Crippen molar-refractivity contribution >= 4 is 5.91 Å². The van der Waals surface area contributed by atoms with Gasteiger partial charge in [-0.05, 0) is 51.3 Å². The lowest BCUT2D eigenvalue weighted by Gasteiger charge is -2.30. The molecule has 34 heavy (non-hydrogen) atoms. The molecule has 2 heterocycles. The number of amides is 1. The predicted octanol–water partition coefficient (Wildman–Crippen LogP) is 4.07. The molecule has 1 amide bonds. The summed E-state index contributed by atoms with van der Waals surface area (Å²) in [7, 11) is 3.64. The van der Waals surface area contributed by atoms with Crippen LogP contribution in [0.25, 0.3) is 0 Å². The van der Waals surface area contributed by atoms with Crippen LogP contribution < -0.4 is 10.1 Å². The third-order valence-electron chi connectivity index (χ3n) is 5.70. The van der Waals surface area contributed by atoms with Crippen LogP contribution in [0.4, 0.5) is 13.2 Å². The van der Waals surface area contributed by atoms with Crippen molar-refractivity contribution in [1.82, 2.24) is 15.2 Å². The molecule has 10 heteroatoms. The number of methoxy groups -OCH3 is 1. The number of ether oxygens (including phenoxy) is 2. The van der Waals surface area contributed by atoms with Gasteiger partial charge in [0.25, 0.3) is 0 Å². The monoisotopic (exact) mass is 491 g/mol. The Morgan fingerprint density at radius 1 is 1.29 bits per heavy atom. The fourth-order valence-electron chi connectivity index (χ4n) is 4.00. The van der Waals surface area contributed by atoms with Gasteiger partial charge in [-0.2, -0.15) is 0 Å². The number of aliphatic hydroxyl groups excluding tert-OH is 1. The van der Waals surface area contributed by atoms with E-state index in [-0.39, 0.29) is 30.7 Å². The Kier molecular flexibility index (Phi) is 14.1. The molecule has 2 atom stereocenters. The summed E-state index contributed by atoms with van der Waals surface area (Å²) in [5.74, 6) is -0.265. The summed E-state index contributed by atoms with van der Waals surface area (Å²) >= 11 is 0. The van der Waals surface area contributed by atoms with Crippen molar-refractivity contribution in [1.29, 1.82) is 0 Å². The Bertz CT molecular complexity index is 715. The molecule has 1 saturated carbocycles. The molecule has 3 rings (SSSR count). The van der Waals surface area contributed by atoms with Crippen LogP contribution in [0.1, 0.15) is 63.6 Å². The summed E-state index contributed by atoms with van der Waals surface area (Å²) in [6, 6.07) is 1.70. The van der Waals surface area contributed by atoms with Gasteiger partial charge in [0, 0.05) is 57.5 Å². The number of aliphatic hydroxyl groups is 1. The Morgan fingerprint density at radius 2 is 2.00 bits per heavy atom. The molecule has 0 saturated heterocycles.